The summed E-state index contributed by atoms with van der Waals surface area (Å²) in [5.41, 5.74) is 6.26. The first-order valence-corrected chi connectivity index (χ1v) is 4.79. The van der Waals surface area contributed by atoms with E-state index in [-0.39, 0.29) is 28.5 Å². The Balaban J connectivity index is 2.68. The van der Waals surface area contributed by atoms with Gasteiger partial charge >= 0.3 is 5.97 Å². The molecular formula is C11H10N2O4. The minimum absolute atomic E-state index is 0.0452. The molecule has 6 nitrogen and oxygen atoms in total. The van der Waals surface area contributed by atoms with E-state index in [9.17, 15) is 9.90 Å². The number of aromatic carboxylic acids is 1. The van der Waals surface area contributed by atoms with Crippen molar-refractivity contribution < 1.29 is 19.5 Å². The first-order chi connectivity index (χ1) is 8.00. The van der Waals surface area contributed by atoms with Crippen LogP contribution in [0, 0.1) is 6.92 Å². The van der Waals surface area contributed by atoms with E-state index in [1.807, 2.05) is 6.92 Å². The van der Waals surface area contributed by atoms with Gasteiger partial charge in [0.05, 0.1) is 5.56 Å². The van der Waals surface area contributed by atoms with Crippen molar-refractivity contribution in [1.82, 2.24) is 5.16 Å². The number of nitrogens with two attached hydrogens (primary N) is 1. The number of hydrogen-bond donors (Lipinski definition) is 3. The summed E-state index contributed by atoms with van der Waals surface area (Å²) < 4.78 is 4.86. The van der Waals surface area contributed by atoms with Gasteiger partial charge in [-0.3, -0.25) is 0 Å². The number of aromatic nitrogens is 1. The van der Waals surface area contributed by atoms with Gasteiger partial charge in [-0.1, -0.05) is 16.8 Å². The van der Waals surface area contributed by atoms with Gasteiger partial charge in [-0.05, 0) is 19.1 Å². The highest BCUT2D eigenvalue weighted by Gasteiger charge is 2.23. The molecule has 0 radical (unpaired) electrons. The fraction of sp³-hybridized carbons (Fsp3) is 0.0909. The van der Waals surface area contributed by atoms with E-state index in [4.69, 9.17) is 15.4 Å². The normalized spacial score (nSPS) is 10.4. The number of aromatic hydroxyl groups is 1. The Morgan fingerprint density at radius 2 is 2.18 bits per heavy atom. The van der Waals surface area contributed by atoms with Crippen molar-refractivity contribution in [3.8, 4) is 17.1 Å². The Kier molecular flexibility index (Phi) is 2.47. The third kappa shape index (κ3) is 1.80. The molecule has 0 aliphatic heterocycles. The molecule has 17 heavy (non-hydrogen) atoms. The number of carbonyl (C=O) groups is 1. The molecule has 1 heterocycles. The highest BCUT2D eigenvalue weighted by Crippen LogP contribution is 2.34. The lowest BCUT2D eigenvalue weighted by atomic mass is 10.0. The first-order valence-electron chi connectivity index (χ1n) is 4.79. The maximum Gasteiger partial charge on any atom is 0.343 e. The van der Waals surface area contributed by atoms with Crippen LogP contribution in [0.2, 0.25) is 0 Å². The summed E-state index contributed by atoms with van der Waals surface area (Å²) in [7, 11) is 0. The van der Waals surface area contributed by atoms with Crippen molar-refractivity contribution in [1.29, 1.82) is 0 Å². The van der Waals surface area contributed by atoms with E-state index in [0.29, 0.717) is 0 Å². The lowest BCUT2D eigenvalue weighted by Crippen LogP contribution is -2.01. The lowest BCUT2D eigenvalue weighted by Gasteiger charge is -2.03. The molecule has 2 rings (SSSR count). The maximum absolute atomic E-state index is 11.0. The summed E-state index contributed by atoms with van der Waals surface area (Å²) >= 11 is 0. The second kappa shape index (κ2) is 3.82. The first kappa shape index (κ1) is 11.0. The third-order valence-corrected chi connectivity index (χ3v) is 2.33. The fourth-order valence-electron chi connectivity index (χ4n) is 1.52. The molecular weight excluding hydrogens is 224 g/mol. The van der Waals surface area contributed by atoms with Crippen LogP contribution in [0.1, 0.15) is 15.9 Å². The van der Waals surface area contributed by atoms with Crippen molar-refractivity contribution in [3.63, 3.8) is 0 Å². The summed E-state index contributed by atoms with van der Waals surface area (Å²) in [4.78, 5) is 11.0. The number of aryl methyl sites for hydroxylation is 1. The van der Waals surface area contributed by atoms with Crippen LogP contribution in [0.5, 0.6) is 5.75 Å². The number of nitrogens with zero attached hydrogens (tertiary/aromatic N) is 1. The number of anilines is 1. The second-order valence-electron chi connectivity index (χ2n) is 3.60. The number of carboxylic acids is 1. The van der Waals surface area contributed by atoms with Crippen LogP contribution in [0.25, 0.3) is 11.3 Å². The molecule has 0 bridgehead atoms. The SMILES string of the molecule is Cc1ccc(O)c(-c2onc(N)c2C(=O)O)c1. The number of rotatable bonds is 2. The number of hydrogen-bond acceptors (Lipinski definition) is 5. The van der Waals surface area contributed by atoms with Crippen LogP contribution in [0.3, 0.4) is 0 Å². The monoisotopic (exact) mass is 234 g/mol. The van der Waals surface area contributed by atoms with Crippen LogP contribution in [0.4, 0.5) is 5.82 Å². The minimum Gasteiger partial charge on any atom is -0.507 e. The Bertz CT molecular complexity index is 589. The fourth-order valence-corrected chi connectivity index (χ4v) is 1.52. The third-order valence-electron chi connectivity index (χ3n) is 2.33. The minimum atomic E-state index is -1.25. The van der Waals surface area contributed by atoms with Crippen LogP contribution in [-0.4, -0.2) is 21.3 Å². The average Bonchev–Trinajstić information content (AvgIpc) is 2.64. The predicted octanol–water partition coefficient (Wildman–Crippen LogP) is 1.64. The quantitative estimate of drug-likeness (QED) is 0.728. The van der Waals surface area contributed by atoms with E-state index in [2.05, 4.69) is 5.16 Å². The zero-order valence-electron chi connectivity index (χ0n) is 8.97. The topological polar surface area (TPSA) is 110 Å². The number of phenols is 1. The van der Waals surface area contributed by atoms with Crippen molar-refractivity contribution in [2.75, 3.05) is 5.73 Å². The molecule has 0 spiro atoms. The molecule has 0 atom stereocenters. The standard InChI is InChI=1S/C11H10N2O4/c1-5-2-3-7(14)6(4-5)9-8(11(15)16)10(12)13-17-9/h2-4,14H,1H3,(H2,12,13)(H,15,16). The molecule has 1 aromatic heterocycles. The van der Waals surface area contributed by atoms with Gasteiger partial charge in [0.25, 0.3) is 0 Å². The highest BCUT2D eigenvalue weighted by atomic mass is 16.5. The lowest BCUT2D eigenvalue weighted by molar-refractivity contribution is 0.0698. The van der Waals surface area contributed by atoms with E-state index < -0.39 is 5.97 Å². The van der Waals surface area contributed by atoms with Gasteiger partial charge in [0.15, 0.2) is 17.1 Å². The van der Waals surface area contributed by atoms with Gasteiger partial charge in [-0.2, -0.15) is 0 Å². The number of nitrogen functional groups attached to an aromatic ring is 1. The number of benzene rings is 1. The summed E-state index contributed by atoms with van der Waals surface area (Å²) in [6.45, 7) is 1.81. The molecule has 0 aliphatic carbocycles. The zero-order valence-corrected chi connectivity index (χ0v) is 8.97. The van der Waals surface area contributed by atoms with E-state index in [1.54, 1.807) is 12.1 Å². The molecule has 4 N–H and O–H groups in total. The molecule has 0 aliphatic rings. The van der Waals surface area contributed by atoms with Gasteiger partial charge in [0.2, 0.25) is 0 Å². The molecule has 88 valence electrons. The van der Waals surface area contributed by atoms with Gasteiger partial charge in [-0.25, -0.2) is 4.79 Å². The second-order valence-corrected chi connectivity index (χ2v) is 3.60. The highest BCUT2D eigenvalue weighted by molar-refractivity contribution is 5.99. The smallest absolute Gasteiger partial charge is 0.343 e. The summed E-state index contributed by atoms with van der Waals surface area (Å²) in [6, 6.07) is 4.75. The maximum atomic E-state index is 11.0. The predicted molar refractivity (Wildman–Crippen MR) is 59.7 cm³/mol. The van der Waals surface area contributed by atoms with E-state index in [0.717, 1.165) is 5.56 Å². The van der Waals surface area contributed by atoms with E-state index >= 15 is 0 Å². The number of phenolic OH excluding ortho intramolecular Hbond substituents is 1. The van der Waals surface area contributed by atoms with Crippen LogP contribution in [-0.2, 0) is 0 Å². The van der Waals surface area contributed by atoms with Crippen molar-refractivity contribution in [2.24, 2.45) is 0 Å². The Morgan fingerprint density at radius 1 is 1.47 bits per heavy atom. The van der Waals surface area contributed by atoms with Crippen molar-refractivity contribution >= 4 is 11.8 Å². The van der Waals surface area contributed by atoms with Crippen LogP contribution in [0.15, 0.2) is 22.7 Å². The largest absolute Gasteiger partial charge is 0.507 e. The van der Waals surface area contributed by atoms with Crippen molar-refractivity contribution in [3.05, 3.63) is 29.3 Å². The van der Waals surface area contributed by atoms with E-state index in [1.165, 1.54) is 6.07 Å². The molecule has 0 saturated heterocycles. The number of carboxylic acid groups (broad SMARTS) is 1. The molecule has 0 unspecified atom stereocenters. The summed E-state index contributed by atoms with van der Waals surface area (Å²) in [6.07, 6.45) is 0. The Morgan fingerprint density at radius 3 is 2.82 bits per heavy atom. The van der Waals surface area contributed by atoms with Crippen molar-refractivity contribution in [2.45, 2.75) is 6.92 Å². The van der Waals surface area contributed by atoms with Gasteiger partial charge in [0.1, 0.15) is 5.75 Å². The van der Waals surface area contributed by atoms with Gasteiger partial charge in [-0.15, -0.1) is 0 Å². The molecule has 2 aromatic rings. The Labute approximate surface area is 96.3 Å². The zero-order chi connectivity index (χ0) is 12.6. The summed E-state index contributed by atoms with van der Waals surface area (Å²) in [5.74, 6) is -1.60. The molecule has 0 amide bonds. The Hall–Kier alpha value is -2.50. The molecule has 0 saturated carbocycles. The average molecular weight is 234 g/mol. The molecule has 6 heteroatoms. The molecule has 1 aromatic carbocycles. The van der Waals surface area contributed by atoms with Gasteiger partial charge in [0, 0.05) is 0 Å². The van der Waals surface area contributed by atoms with Gasteiger partial charge < -0.3 is 20.5 Å². The van der Waals surface area contributed by atoms with Crippen LogP contribution >= 0.6 is 0 Å². The van der Waals surface area contributed by atoms with Crippen LogP contribution < -0.4 is 5.73 Å². The summed E-state index contributed by atoms with van der Waals surface area (Å²) in [5, 5.41) is 22.1. The molecule has 0 fully saturated rings.